The van der Waals surface area contributed by atoms with E-state index in [1.807, 2.05) is 0 Å². The fraction of sp³-hybridized carbons (Fsp3) is 0.909. The largest absolute Gasteiger partial charge is 0.380 e. The third-order valence-electron chi connectivity index (χ3n) is 3.06. The van der Waals surface area contributed by atoms with Gasteiger partial charge in [0.15, 0.2) is 0 Å². The van der Waals surface area contributed by atoms with Gasteiger partial charge in [0.1, 0.15) is 0 Å². The molecule has 1 unspecified atom stereocenters. The average molecular weight is 212 g/mol. The number of hydrogen-bond acceptors (Lipinski definition) is 3. The Morgan fingerprint density at radius 2 is 2.33 bits per heavy atom. The molecule has 1 aliphatic carbocycles. The van der Waals surface area contributed by atoms with Gasteiger partial charge in [-0.1, -0.05) is 0 Å². The average Bonchev–Trinajstić information content (AvgIpc) is 3.00. The van der Waals surface area contributed by atoms with E-state index in [-0.39, 0.29) is 11.4 Å². The van der Waals surface area contributed by atoms with Gasteiger partial charge in [-0.3, -0.25) is 4.79 Å². The van der Waals surface area contributed by atoms with Crippen molar-refractivity contribution in [3.8, 4) is 0 Å². The van der Waals surface area contributed by atoms with Crippen molar-refractivity contribution in [2.45, 2.75) is 44.2 Å². The second-order valence-corrected chi connectivity index (χ2v) is 4.91. The first-order chi connectivity index (χ1) is 7.18. The number of carbonyl (C=O) groups excluding carboxylic acids is 1. The second kappa shape index (κ2) is 4.49. The maximum Gasteiger partial charge on any atom is 0.234 e. The molecule has 1 amide bonds. The van der Waals surface area contributed by atoms with E-state index in [0.717, 1.165) is 32.3 Å². The van der Waals surface area contributed by atoms with Gasteiger partial charge in [-0.2, -0.15) is 0 Å². The zero-order valence-electron chi connectivity index (χ0n) is 9.34. The SMILES string of the molecule is CC1(NCC(=O)NC2CC2)CCCOC1. The van der Waals surface area contributed by atoms with Crippen LogP contribution in [0.5, 0.6) is 0 Å². The van der Waals surface area contributed by atoms with Crippen LogP contribution in [0.2, 0.25) is 0 Å². The number of rotatable bonds is 4. The Labute approximate surface area is 90.8 Å². The number of amides is 1. The highest BCUT2D eigenvalue weighted by Crippen LogP contribution is 2.19. The fourth-order valence-electron chi connectivity index (χ4n) is 1.87. The molecule has 0 radical (unpaired) electrons. The Kier molecular flexibility index (Phi) is 3.26. The van der Waals surface area contributed by atoms with Crippen molar-refractivity contribution in [1.82, 2.24) is 10.6 Å². The van der Waals surface area contributed by atoms with Crippen LogP contribution >= 0.6 is 0 Å². The van der Waals surface area contributed by atoms with Crippen LogP contribution in [-0.2, 0) is 9.53 Å². The highest BCUT2D eigenvalue weighted by Gasteiger charge is 2.28. The molecular formula is C11H20N2O2. The van der Waals surface area contributed by atoms with E-state index in [1.165, 1.54) is 0 Å². The molecular weight excluding hydrogens is 192 g/mol. The first kappa shape index (κ1) is 10.9. The zero-order valence-corrected chi connectivity index (χ0v) is 9.34. The molecule has 1 heterocycles. The van der Waals surface area contributed by atoms with E-state index in [4.69, 9.17) is 4.74 Å². The molecule has 4 heteroatoms. The Hall–Kier alpha value is -0.610. The number of nitrogens with one attached hydrogen (secondary N) is 2. The molecule has 15 heavy (non-hydrogen) atoms. The molecule has 2 rings (SSSR count). The summed E-state index contributed by atoms with van der Waals surface area (Å²) in [6.07, 6.45) is 4.45. The van der Waals surface area contributed by atoms with Gasteiger partial charge < -0.3 is 15.4 Å². The third kappa shape index (κ3) is 3.47. The number of ether oxygens (including phenoxy) is 1. The van der Waals surface area contributed by atoms with Crippen LogP contribution in [0.1, 0.15) is 32.6 Å². The summed E-state index contributed by atoms with van der Waals surface area (Å²) in [6, 6.07) is 0.453. The Bertz CT molecular complexity index is 233. The van der Waals surface area contributed by atoms with Gasteiger partial charge >= 0.3 is 0 Å². The third-order valence-corrected chi connectivity index (χ3v) is 3.06. The van der Waals surface area contributed by atoms with Crippen LogP contribution in [0.25, 0.3) is 0 Å². The van der Waals surface area contributed by atoms with E-state index in [0.29, 0.717) is 19.2 Å². The molecule has 1 atom stereocenters. The molecule has 86 valence electrons. The maximum atomic E-state index is 11.5. The van der Waals surface area contributed by atoms with Crippen molar-refractivity contribution in [2.75, 3.05) is 19.8 Å². The van der Waals surface area contributed by atoms with Gasteiger partial charge in [-0.25, -0.2) is 0 Å². The van der Waals surface area contributed by atoms with Gasteiger partial charge in [-0.15, -0.1) is 0 Å². The van der Waals surface area contributed by atoms with Gasteiger partial charge in [-0.05, 0) is 32.6 Å². The topological polar surface area (TPSA) is 50.4 Å². The van der Waals surface area contributed by atoms with Crippen molar-refractivity contribution < 1.29 is 9.53 Å². The first-order valence-corrected chi connectivity index (χ1v) is 5.80. The minimum absolute atomic E-state index is 0.0147. The van der Waals surface area contributed by atoms with Gasteiger partial charge in [0.05, 0.1) is 13.2 Å². The summed E-state index contributed by atoms with van der Waals surface area (Å²) >= 11 is 0. The van der Waals surface area contributed by atoms with E-state index in [9.17, 15) is 4.79 Å². The molecule has 0 aromatic heterocycles. The lowest BCUT2D eigenvalue weighted by atomic mass is 9.95. The first-order valence-electron chi connectivity index (χ1n) is 5.80. The summed E-state index contributed by atoms with van der Waals surface area (Å²) in [5, 5.41) is 6.26. The van der Waals surface area contributed by atoms with Crippen LogP contribution < -0.4 is 10.6 Å². The van der Waals surface area contributed by atoms with Crippen molar-refractivity contribution in [1.29, 1.82) is 0 Å². The number of hydrogen-bond donors (Lipinski definition) is 2. The molecule has 2 aliphatic rings. The van der Waals surface area contributed by atoms with E-state index < -0.39 is 0 Å². The molecule has 0 aromatic rings. The van der Waals surface area contributed by atoms with Crippen molar-refractivity contribution in [3.05, 3.63) is 0 Å². The van der Waals surface area contributed by atoms with Gasteiger partial charge in [0.25, 0.3) is 0 Å². The van der Waals surface area contributed by atoms with Crippen molar-refractivity contribution in [3.63, 3.8) is 0 Å². The van der Waals surface area contributed by atoms with Crippen molar-refractivity contribution >= 4 is 5.91 Å². The molecule has 0 aromatic carbocycles. The minimum Gasteiger partial charge on any atom is -0.380 e. The minimum atomic E-state index is -0.0147. The van der Waals surface area contributed by atoms with Crippen LogP contribution in [-0.4, -0.2) is 37.2 Å². The van der Waals surface area contributed by atoms with Crippen LogP contribution in [0.3, 0.4) is 0 Å². The predicted molar refractivity (Wildman–Crippen MR) is 57.6 cm³/mol. The molecule has 1 aliphatic heterocycles. The highest BCUT2D eigenvalue weighted by atomic mass is 16.5. The standard InChI is InChI=1S/C11H20N2O2/c1-11(5-2-6-15-8-11)12-7-10(14)13-9-3-4-9/h9,12H,2-8H2,1H3,(H,13,14). The molecule has 0 bridgehead atoms. The molecule has 4 nitrogen and oxygen atoms in total. The quantitative estimate of drug-likeness (QED) is 0.710. The number of carbonyl (C=O) groups is 1. The van der Waals surface area contributed by atoms with E-state index in [1.54, 1.807) is 0 Å². The lowest BCUT2D eigenvalue weighted by Crippen LogP contribution is -2.52. The second-order valence-electron chi connectivity index (χ2n) is 4.91. The molecule has 2 N–H and O–H groups in total. The van der Waals surface area contributed by atoms with Crippen LogP contribution in [0.15, 0.2) is 0 Å². The summed E-state index contributed by atoms with van der Waals surface area (Å²) in [6.45, 7) is 4.10. The summed E-state index contributed by atoms with van der Waals surface area (Å²) in [5.74, 6) is 0.115. The molecule has 1 saturated carbocycles. The molecule has 2 fully saturated rings. The Balaban J connectivity index is 1.68. The van der Waals surface area contributed by atoms with Crippen LogP contribution in [0.4, 0.5) is 0 Å². The normalized spacial score (nSPS) is 31.3. The molecule has 1 saturated heterocycles. The monoisotopic (exact) mass is 212 g/mol. The Morgan fingerprint density at radius 3 is 2.93 bits per heavy atom. The van der Waals surface area contributed by atoms with E-state index >= 15 is 0 Å². The van der Waals surface area contributed by atoms with Gasteiger partial charge in [0.2, 0.25) is 5.91 Å². The fourth-order valence-corrected chi connectivity index (χ4v) is 1.87. The summed E-state index contributed by atoms with van der Waals surface area (Å²) in [4.78, 5) is 11.5. The lowest BCUT2D eigenvalue weighted by Gasteiger charge is -2.34. The maximum absolute atomic E-state index is 11.5. The summed E-state index contributed by atoms with van der Waals surface area (Å²) in [7, 11) is 0. The Morgan fingerprint density at radius 1 is 1.53 bits per heavy atom. The smallest absolute Gasteiger partial charge is 0.234 e. The van der Waals surface area contributed by atoms with Crippen molar-refractivity contribution in [2.24, 2.45) is 0 Å². The summed E-state index contributed by atoms with van der Waals surface area (Å²) < 4.78 is 5.42. The summed E-state index contributed by atoms with van der Waals surface area (Å²) in [5.41, 5.74) is -0.0147. The lowest BCUT2D eigenvalue weighted by molar-refractivity contribution is -0.121. The highest BCUT2D eigenvalue weighted by molar-refractivity contribution is 5.78. The predicted octanol–water partition coefficient (Wildman–Crippen LogP) is 0.424. The van der Waals surface area contributed by atoms with E-state index in [2.05, 4.69) is 17.6 Å². The zero-order chi connectivity index (χ0) is 10.7. The van der Waals surface area contributed by atoms with Gasteiger partial charge in [0, 0.05) is 18.2 Å². The van der Waals surface area contributed by atoms with Crippen LogP contribution in [0, 0.1) is 0 Å². The molecule has 0 spiro atoms.